The molecule has 6 nitrogen and oxygen atoms in total. The Balaban J connectivity index is 0.00000280. The number of halogens is 3. The SMILES string of the molecule is C[C@H](CNC[C@H](N)c1ccccc1)NS(=O)(=O)c1ccc2cnccc2c1.Cl.Cl.Cl. The molecule has 3 rings (SSSR count). The molecule has 0 unspecified atom stereocenters. The molecule has 4 N–H and O–H groups in total. The van der Waals surface area contributed by atoms with Crippen molar-refractivity contribution < 1.29 is 8.42 Å². The fourth-order valence-electron chi connectivity index (χ4n) is 2.88. The number of rotatable bonds is 8. The molecule has 30 heavy (non-hydrogen) atoms. The van der Waals surface area contributed by atoms with Crippen molar-refractivity contribution in [3.63, 3.8) is 0 Å². The van der Waals surface area contributed by atoms with Crippen LogP contribution < -0.4 is 15.8 Å². The molecule has 1 heterocycles. The van der Waals surface area contributed by atoms with E-state index in [9.17, 15) is 8.42 Å². The van der Waals surface area contributed by atoms with Crippen LogP contribution in [0.3, 0.4) is 0 Å². The van der Waals surface area contributed by atoms with Crippen LogP contribution in [0.5, 0.6) is 0 Å². The third-order valence-electron chi connectivity index (χ3n) is 4.32. The van der Waals surface area contributed by atoms with Gasteiger partial charge in [-0.15, -0.1) is 37.2 Å². The number of pyridine rings is 1. The second kappa shape index (κ2) is 13.1. The monoisotopic (exact) mass is 492 g/mol. The van der Waals surface area contributed by atoms with Crippen LogP contribution in [0.2, 0.25) is 0 Å². The Kier molecular flexibility index (Phi) is 12.4. The highest BCUT2D eigenvalue weighted by atomic mass is 35.5. The van der Waals surface area contributed by atoms with E-state index in [1.54, 1.807) is 36.7 Å². The first-order valence-electron chi connectivity index (χ1n) is 8.83. The summed E-state index contributed by atoms with van der Waals surface area (Å²) in [4.78, 5) is 4.28. The molecule has 166 valence electrons. The van der Waals surface area contributed by atoms with Gasteiger partial charge >= 0.3 is 0 Å². The molecule has 0 aliphatic rings. The molecule has 2 aromatic carbocycles. The van der Waals surface area contributed by atoms with Gasteiger partial charge in [0.25, 0.3) is 0 Å². The van der Waals surface area contributed by atoms with Crippen molar-refractivity contribution in [3.05, 3.63) is 72.6 Å². The summed E-state index contributed by atoms with van der Waals surface area (Å²) in [5, 5.41) is 4.97. The molecular formula is C20H27Cl3N4O2S. The van der Waals surface area contributed by atoms with Gasteiger partial charge in [-0.3, -0.25) is 4.98 Å². The lowest BCUT2D eigenvalue weighted by Gasteiger charge is -2.18. The first-order chi connectivity index (χ1) is 13.0. The van der Waals surface area contributed by atoms with Gasteiger partial charge in [0.2, 0.25) is 10.0 Å². The number of sulfonamides is 1. The van der Waals surface area contributed by atoms with Crippen LogP contribution >= 0.6 is 37.2 Å². The maximum Gasteiger partial charge on any atom is 0.240 e. The smallest absolute Gasteiger partial charge is 0.240 e. The van der Waals surface area contributed by atoms with Crippen LogP contribution in [0.1, 0.15) is 18.5 Å². The van der Waals surface area contributed by atoms with Crippen molar-refractivity contribution in [2.45, 2.75) is 23.9 Å². The Morgan fingerprint density at radius 1 is 0.967 bits per heavy atom. The van der Waals surface area contributed by atoms with Crippen molar-refractivity contribution in [2.75, 3.05) is 13.1 Å². The summed E-state index contributed by atoms with van der Waals surface area (Å²) < 4.78 is 28.0. The highest BCUT2D eigenvalue weighted by molar-refractivity contribution is 7.89. The summed E-state index contributed by atoms with van der Waals surface area (Å²) in [7, 11) is -3.60. The topological polar surface area (TPSA) is 97.1 Å². The molecule has 10 heteroatoms. The highest BCUT2D eigenvalue weighted by Gasteiger charge is 2.18. The molecule has 0 amide bonds. The zero-order valence-electron chi connectivity index (χ0n) is 16.4. The molecule has 0 spiro atoms. The van der Waals surface area contributed by atoms with Crippen LogP contribution in [-0.2, 0) is 10.0 Å². The fraction of sp³-hybridized carbons (Fsp3) is 0.250. The molecule has 0 fully saturated rings. The Labute approximate surface area is 196 Å². The summed E-state index contributed by atoms with van der Waals surface area (Å²) in [5.74, 6) is 0. The van der Waals surface area contributed by atoms with Gasteiger partial charge < -0.3 is 11.1 Å². The van der Waals surface area contributed by atoms with Gasteiger partial charge in [0, 0.05) is 43.0 Å². The van der Waals surface area contributed by atoms with Crippen molar-refractivity contribution in [1.82, 2.24) is 15.0 Å². The number of nitrogens with zero attached hydrogens (tertiary/aromatic N) is 1. The summed E-state index contributed by atoms with van der Waals surface area (Å²) >= 11 is 0. The van der Waals surface area contributed by atoms with E-state index in [1.807, 2.05) is 37.3 Å². The molecule has 0 saturated carbocycles. The number of aromatic nitrogens is 1. The van der Waals surface area contributed by atoms with Crippen LogP contribution in [0.4, 0.5) is 0 Å². The lowest BCUT2D eigenvalue weighted by molar-refractivity contribution is 0.520. The Bertz CT molecular complexity index is 1010. The van der Waals surface area contributed by atoms with Crippen molar-refractivity contribution in [1.29, 1.82) is 0 Å². The van der Waals surface area contributed by atoms with E-state index in [0.29, 0.717) is 13.1 Å². The number of hydrogen-bond acceptors (Lipinski definition) is 5. The Morgan fingerprint density at radius 2 is 1.67 bits per heavy atom. The summed E-state index contributed by atoms with van der Waals surface area (Å²) in [5.41, 5.74) is 7.19. The molecule has 0 aliphatic carbocycles. The highest BCUT2D eigenvalue weighted by Crippen LogP contribution is 2.18. The molecule has 3 aromatic rings. The van der Waals surface area contributed by atoms with E-state index in [2.05, 4.69) is 15.0 Å². The standard InChI is InChI=1S/C20H24N4O2S.3ClH/c1-15(12-23-14-20(21)16-5-3-2-4-6-16)24-27(25,26)19-8-7-18-13-22-10-9-17(18)11-19;;;/h2-11,13,15,20,23-24H,12,14,21H2,1H3;3*1H/t15-,20+;;;/m1.../s1. The number of nitrogens with one attached hydrogen (secondary N) is 2. The summed E-state index contributed by atoms with van der Waals surface area (Å²) in [6, 6.07) is 16.2. The van der Waals surface area contributed by atoms with Crippen LogP contribution in [0.25, 0.3) is 10.8 Å². The average Bonchev–Trinajstić information content (AvgIpc) is 2.67. The minimum atomic E-state index is -3.60. The third-order valence-corrected chi connectivity index (χ3v) is 5.91. The molecule has 1 aromatic heterocycles. The van der Waals surface area contributed by atoms with Gasteiger partial charge in [-0.05, 0) is 36.1 Å². The molecule has 0 aliphatic heterocycles. The first kappa shape index (κ1) is 28.5. The minimum absolute atomic E-state index is 0. The van der Waals surface area contributed by atoms with Gasteiger partial charge in [0.05, 0.1) is 4.90 Å². The Hall–Kier alpha value is -1.45. The zero-order chi connectivity index (χ0) is 19.3. The maximum atomic E-state index is 12.6. The van der Waals surface area contributed by atoms with Crippen LogP contribution in [-0.4, -0.2) is 32.5 Å². The van der Waals surface area contributed by atoms with Gasteiger partial charge in [-0.1, -0.05) is 36.4 Å². The summed E-state index contributed by atoms with van der Waals surface area (Å²) in [6.45, 7) is 2.87. The zero-order valence-corrected chi connectivity index (χ0v) is 19.7. The van der Waals surface area contributed by atoms with E-state index in [0.717, 1.165) is 16.3 Å². The molecule has 0 bridgehead atoms. The predicted molar refractivity (Wildman–Crippen MR) is 130 cm³/mol. The van der Waals surface area contributed by atoms with E-state index in [4.69, 9.17) is 5.73 Å². The number of benzene rings is 2. The number of hydrogen-bond donors (Lipinski definition) is 3. The van der Waals surface area contributed by atoms with Crippen molar-refractivity contribution >= 4 is 58.0 Å². The number of fused-ring (bicyclic) bond motifs is 1. The molecule has 0 saturated heterocycles. The molecule has 2 atom stereocenters. The minimum Gasteiger partial charge on any atom is -0.323 e. The third kappa shape index (κ3) is 7.67. The summed E-state index contributed by atoms with van der Waals surface area (Å²) in [6.07, 6.45) is 3.36. The average molecular weight is 494 g/mol. The van der Waals surface area contributed by atoms with Gasteiger partial charge in [0.1, 0.15) is 0 Å². The van der Waals surface area contributed by atoms with E-state index >= 15 is 0 Å². The first-order valence-corrected chi connectivity index (χ1v) is 10.3. The lowest BCUT2D eigenvalue weighted by Crippen LogP contribution is -2.41. The van der Waals surface area contributed by atoms with Gasteiger partial charge in [-0.2, -0.15) is 0 Å². The van der Waals surface area contributed by atoms with Gasteiger partial charge in [-0.25, -0.2) is 13.1 Å². The van der Waals surface area contributed by atoms with Crippen molar-refractivity contribution in [2.24, 2.45) is 5.73 Å². The number of nitrogens with two attached hydrogens (primary N) is 1. The molecule has 0 radical (unpaired) electrons. The second-order valence-corrected chi connectivity index (χ2v) is 8.30. The van der Waals surface area contributed by atoms with E-state index in [1.165, 1.54) is 0 Å². The van der Waals surface area contributed by atoms with Gasteiger partial charge in [0.15, 0.2) is 0 Å². The van der Waals surface area contributed by atoms with Crippen molar-refractivity contribution in [3.8, 4) is 0 Å². The van der Waals surface area contributed by atoms with Crippen LogP contribution in [0.15, 0.2) is 71.9 Å². The quantitative estimate of drug-likeness (QED) is 0.446. The predicted octanol–water partition coefficient (Wildman–Crippen LogP) is 3.46. The maximum absolute atomic E-state index is 12.6. The largest absolute Gasteiger partial charge is 0.323 e. The molecular weight excluding hydrogens is 467 g/mol. The second-order valence-electron chi connectivity index (χ2n) is 6.58. The Morgan fingerprint density at radius 3 is 2.37 bits per heavy atom. The lowest BCUT2D eigenvalue weighted by atomic mass is 10.1. The fourth-order valence-corrected chi connectivity index (χ4v) is 4.16. The van der Waals surface area contributed by atoms with E-state index < -0.39 is 10.0 Å². The van der Waals surface area contributed by atoms with E-state index in [-0.39, 0.29) is 54.2 Å². The normalized spacial score (nSPS) is 12.7. The van der Waals surface area contributed by atoms with Crippen LogP contribution in [0, 0.1) is 0 Å².